The predicted octanol–water partition coefficient (Wildman–Crippen LogP) is 3.06. The summed E-state index contributed by atoms with van der Waals surface area (Å²) in [7, 11) is -0.231. The molecule has 1 amide bonds. The molecule has 3 aliphatic rings. The van der Waals surface area contributed by atoms with Crippen molar-refractivity contribution in [1.82, 2.24) is 44.4 Å². The van der Waals surface area contributed by atoms with E-state index < -0.39 is 27.7 Å². The van der Waals surface area contributed by atoms with Gasteiger partial charge < -0.3 is 28.6 Å². The molecule has 0 bridgehead atoms. The maximum Gasteiger partial charge on any atom is 0.410 e. The van der Waals surface area contributed by atoms with Crippen molar-refractivity contribution in [3.8, 4) is 28.8 Å². The number of ether oxygens (including phenoxy) is 3. The number of nitrogens with one attached hydrogen (secondary N) is 1. The average molecular weight is 795 g/mol. The Morgan fingerprint density at radius 2 is 1.38 bits per heavy atom. The molecular formula is C36H46N10O9S. The number of fused-ring (bicyclic) bond motifs is 6. The molecule has 0 radical (unpaired) electrons. The first-order valence-electron chi connectivity index (χ1n) is 18.3. The molecule has 0 spiro atoms. The molecule has 0 aromatic carbocycles. The highest BCUT2D eigenvalue weighted by Gasteiger charge is 2.33. The molecule has 1 N–H and O–H groups in total. The Kier molecular flexibility index (Phi) is 11.3. The molecule has 7 rings (SSSR count). The first kappa shape index (κ1) is 40.0. The van der Waals surface area contributed by atoms with Crippen molar-refractivity contribution in [3.05, 3.63) is 46.0 Å². The van der Waals surface area contributed by atoms with Crippen molar-refractivity contribution >= 4 is 34.1 Å². The lowest BCUT2D eigenvalue weighted by atomic mass is 9.93. The van der Waals surface area contributed by atoms with Gasteiger partial charge >= 0.3 is 34.2 Å². The summed E-state index contributed by atoms with van der Waals surface area (Å²) in [6.45, 7) is 10.8. The molecule has 19 nitrogen and oxygen atoms in total. The van der Waals surface area contributed by atoms with Gasteiger partial charge in [0.2, 0.25) is 5.95 Å². The normalized spacial score (nSPS) is 15.6. The van der Waals surface area contributed by atoms with Crippen LogP contribution in [0.4, 0.5) is 10.7 Å². The van der Waals surface area contributed by atoms with Gasteiger partial charge in [0, 0.05) is 56.7 Å². The highest BCUT2D eigenvalue weighted by molar-refractivity contribution is 7.86. The van der Waals surface area contributed by atoms with Gasteiger partial charge in [0.05, 0.1) is 42.2 Å². The van der Waals surface area contributed by atoms with Crippen LogP contribution in [-0.4, -0.2) is 115 Å². The van der Waals surface area contributed by atoms with E-state index in [1.165, 1.54) is 10.9 Å². The van der Waals surface area contributed by atoms with Gasteiger partial charge in [-0.25, -0.2) is 29.3 Å². The van der Waals surface area contributed by atoms with Gasteiger partial charge in [0.1, 0.15) is 5.60 Å². The Bertz CT molecular complexity index is 2280. The van der Waals surface area contributed by atoms with Gasteiger partial charge in [0.15, 0.2) is 11.4 Å². The highest BCUT2D eigenvalue weighted by atomic mass is 32.2. The summed E-state index contributed by atoms with van der Waals surface area (Å²) in [4.78, 5) is 55.8. The van der Waals surface area contributed by atoms with Crippen molar-refractivity contribution in [2.24, 2.45) is 14.1 Å². The van der Waals surface area contributed by atoms with Crippen LogP contribution in [0.25, 0.3) is 22.8 Å². The van der Waals surface area contributed by atoms with Crippen LogP contribution in [0.3, 0.4) is 0 Å². The molecule has 5 heterocycles. The highest BCUT2D eigenvalue weighted by Crippen LogP contribution is 2.36. The van der Waals surface area contributed by atoms with E-state index in [9.17, 15) is 22.8 Å². The van der Waals surface area contributed by atoms with Crippen molar-refractivity contribution in [1.29, 1.82) is 0 Å². The molecule has 1 unspecified atom stereocenters. The van der Waals surface area contributed by atoms with E-state index in [0.29, 0.717) is 62.0 Å². The van der Waals surface area contributed by atoms with Crippen LogP contribution in [0, 0.1) is 0 Å². The molecule has 4 aromatic rings. The maximum absolute atomic E-state index is 12.3. The van der Waals surface area contributed by atoms with Crippen LogP contribution in [0.1, 0.15) is 84.3 Å². The van der Waals surface area contributed by atoms with Crippen LogP contribution < -0.4 is 9.50 Å². The second-order valence-corrected chi connectivity index (χ2v) is 16.1. The summed E-state index contributed by atoms with van der Waals surface area (Å²) in [6, 6.07) is -0.228. The molecule has 2 aliphatic carbocycles. The minimum Gasteiger partial charge on any atom is -0.461 e. The zero-order valence-corrected chi connectivity index (χ0v) is 33.5. The Morgan fingerprint density at radius 1 is 0.839 bits per heavy atom. The molecule has 0 saturated carbocycles. The fraction of sp³-hybridized carbons (Fsp3) is 0.528. The Labute approximate surface area is 324 Å². The number of amides is 1. The number of carbonyl (C=O) groups excluding carboxylic acids is 3. The molecule has 4 aromatic heterocycles. The van der Waals surface area contributed by atoms with Crippen LogP contribution in [0.5, 0.6) is 6.01 Å². The van der Waals surface area contributed by atoms with Crippen molar-refractivity contribution in [3.63, 3.8) is 0 Å². The van der Waals surface area contributed by atoms with E-state index in [-0.39, 0.29) is 30.4 Å². The number of anilines is 1. The minimum atomic E-state index is -3.73. The van der Waals surface area contributed by atoms with Gasteiger partial charge in [-0.15, -0.1) is 0 Å². The zero-order chi connectivity index (χ0) is 40.5. The van der Waals surface area contributed by atoms with E-state index in [1.807, 2.05) is 34.0 Å². The fourth-order valence-corrected chi connectivity index (χ4v) is 7.17. The summed E-state index contributed by atoms with van der Waals surface area (Å²) >= 11 is 0. The summed E-state index contributed by atoms with van der Waals surface area (Å²) < 4.78 is 46.2. The molecular weight excluding hydrogens is 749 g/mol. The van der Waals surface area contributed by atoms with Crippen LogP contribution in [0.15, 0.2) is 12.4 Å². The van der Waals surface area contributed by atoms with E-state index in [1.54, 1.807) is 30.5 Å². The van der Waals surface area contributed by atoms with Gasteiger partial charge in [-0.1, -0.05) is 0 Å². The summed E-state index contributed by atoms with van der Waals surface area (Å²) in [5.41, 5.74) is 6.27. The number of likely N-dealkylation sites (tertiary alicyclic amines) is 1. The molecule has 20 heteroatoms. The van der Waals surface area contributed by atoms with E-state index in [4.69, 9.17) is 23.4 Å². The van der Waals surface area contributed by atoms with Crippen molar-refractivity contribution in [2.75, 3.05) is 37.9 Å². The molecule has 1 atom stereocenters. The smallest absolute Gasteiger partial charge is 0.410 e. The number of aromatic nitrogens is 8. The van der Waals surface area contributed by atoms with Crippen molar-refractivity contribution < 1.29 is 41.2 Å². The minimum absolute atomic E-state index is 0.0326. The molecule has 56 heavy (non-hydrogen) atoms. The second kappa shape index (κ2) is 15.8. The number of hydrogen-bond acceptors (Lipinski definition) is 16. The lowest BCUT2D eigenvalue weighted by Crippen LogP contribution is -2.36. The Hall–Kier alpha value is -5.66. The van der Waals surface area contributed by atoms with E-state index >= 15 is 0 Å². The number of carbonyl (C=O) groups is 3. The maximum atomic E-state index is 12.3. The monoisotopic (exact) mass is 794 g/mol. The second-order valence-electron chi connectivity index (χ2n) is 14.5. The predicted molar refractivity (Wildman–Crippen MR) is 201 cm³/mol. The number of aryl methyl sites for hydroxylation is 4. The third-order valence-electron chi connectivity index (χ3n) is 9.07. The Balaban J connectivity index is 0.000000198. The van der Waals surface area contributed by atoms with Gasteiger partial charge in [-0.2, -0.15) is 23.6 Å². The standard InChI is InChI=1S/C22H30N6O4.C14H16N4O5S/c1-6-31-19(29)17-15-8-7-13-11-23-20(25-16(13)18(15)27(5)26-17)24-14-9-10-28(12-14)21(30)32-22(2,3)4;1-4-22-13(19)11-9-6-5-8-7-15-14(23-24(3,20)21)16-10(8)12(9)18(2)17-11/h11,14H,6-10,12H2,1-5H3,(H,23,24,25);7H,4-6H2,1-3H3. The number of rotatable bonds is 8. The number of hydrogen-bond donors (Lipinski definition) is 1. The SMILES string of the molecule is CCOC(=O)c1nn(C)c2c1CCc1cnc(NC3CCN(C(=O)OC(C)(C)C)C3)nc1-2.CCOC(=O)c1nn(C)c2c1CCc1cnc(OS(C)(=O)=O)nc1-2. The lowest BCUT2D eigenvalue weighted by Gasteiger charge is -2.24. The zero-order valence-electron chi connectivity index (χ0n) is 32.7. The van der Waals surface area contributed by atoms with Crippen LogP contribution >= 0.6 is 0 Å². The largest absolute Gasteiger partial charge is 0.461 e. The number of nitrogens with zero attached hydrogens (tertiary/aromatic N) is 9. The van der Waals surface area contributed by atoms with Gasteiger partial charge in [-0.05, 0) is 77.8 Å². The molecule has 1 saturated heterocycles. The van der Waals surface area contributed by atoms with E-state index in [0.717, 1.165) is 52.7 Å². The van der Waals surface area contributed by atoms with E-state index in [2.05, 4.69) is 30.5 Å². The van der Waals surface area contributed by atoms with Gasteiger partial charge in [-0.3, -0.25) is 9.36 Å². The number of esters is 2. The summed E-state index contributed by atoms with van der Waals surface area (Å²) in [5.74, 6) is -0.403. The first-order chi connectivity index (χ1) is 26.5. The van der Waals surface area contributed by atoms with Crippen LogP contribution in [-0.2, 0) is 64.1 Å². The average Bonchev–Trinajstić information content (AvgIpc) is 3.83. The third kappa shape index (κ3) is 8.74. The third-order valence-corrected chi connectivity index (χ3v) is 9.52. The van der Waals surface area contributed by atoms with Crippen LogP contribution in [0.2, 0.25) is 0 Å². The topological polar surface area (TPSA) is 225 Å². The van der Waals surface area contributed by atoms with Gasteiger partial charge in [0.25, 0.3) is 0 Å². The lowest BCUT2D eigenvalue weighted by molar-refractivity contribution is 0.0292. The summed E-state index contributed by atoms with van der Waals surface area (Å²) in [5, 5.41) is 12.0. The molecule has 1 fully saturated rings. The fourth-order valence-electron chi connectivity index (χ4n) is 6.82. The van der Waals surface area contributed by atoms with Crippen molar-refractivity contribution in [2.45, 2.75) is 78.4 Å². The molecule has 300 valence electrons. The molecule has 1 aliphatic heterocycles. The summed E-state index contributed by atoms with van der Waals surface area (Å²) in [6.07, 6.45) is 7.38. The Morgan fingerprint density at radius 3 is 1.89 bits per heavy atom. The quantitative estimate of drug-likeness (QED) is 0.154. The first-order valence-corrected chi connectivity index (χ1v) is 20.1.